The summed E-state index contributed by atoms with van der Waals surface area (Å²) in [5, 5.41) is 2.98. The van der Waals surface area contributed by atoms with Crippen LogP contribution < -0.4 is 5.32 Å². The first-order valence-electron chi connectivity index (χ1n) is 4.25. The number of fused-ring (bicyclic) bond motifs is 1. The molecule has 5 heteroatoms. The molecule has 1 aromatic heterocycles. The van der Waals surface area contributed by atoms with Crippen molar-refractivity contribution in [2.45, 2.75) is 0 Å². The molecular formula is C9H9ClFN3. The van der Waals surface area contributed by atoms with Crippen molar-refractivity contribution in [2.75, 3.05) is 17.7 Å². The Labute approximate surface area is 85.3 Å². The summed E-state index contributed by atoms with van der Waals surface area (Å²) in [6.07, 6.45) is 0. The predicted octanol–water partition coefficient (Wildman–Crippen LogP) is 2.35. The van der Waals surface area contributed by atoms with Crippen LogP contribution in [0.5, 0.6) is 0 Å². The van der Waals surface area contributed by atoms with Gasteiger partial charge in [0.2, 0.25) is 5.95 Å². The van der Waals surface area contributed by atoms with Crippen molar-refractivity contribution in [1.82, 2.24) is 9.97 Å². The van der Waals surface area contributed by atoms with Crippen molar-refractivity contribution in [3.63, 3.8) is 0 Å². The van der Waals surface area contributed by atoms with Gasteiger partial charge < -0.3 is 10.3 Å². The van der Waals surface area contributed by atoms with E-state index >= 15 is 0 Å². The number of aromatic amines is 1. The topological polar surface area (TPSA) is 40.7 Å². The van der Waals surface area contributed by atoms with Crippen LogP contribution in [0.15, 0.2) is 18.2 Å². The molecule has 0 aliphatic carbocycles. The van der Waals surface area contributed by atoms with E-state index in [9.17, 15) is 4.39 Å². The first kappa shape index (κ1) is 9.27. The van der Waals surface area contributed by atoms with E-state index < -0.39 is 0 Å². The Morgan fingerprint density at radius 2 is 2.36 bits per heavy atom. The molecule has 0 saturated carbocycles. The monoisotopic (exact) mass is 213 g/mol. The van der Waals surface area contributed by atoms with E-state index in [1.54, 1.807) is 6.07 Å². The van der Waals surface area contributed by atoms with Gasteiger partial charge in [-0.05, 0) is 18.2 Å². The number of nitrogens with zero attached hydrogens (tertiary/aromatic N) is 1. The predicted molar refractivity (Wildman–Crippen MR) is 55.3 cm³/mol. The normalized spacial score (nSPS) is 10.7. The van der Waals surface area contributed by atoms with E-state index in [-0.39, 0.29) is 5.82 Å². The van der Waals surface area contributed by atoms with Crippen LogP contribution in [0.3, 0.4) is 0 Å². The van der Waals surface area contributed by atoms with E-state index in [0.717, 1.165) is 5.52 Å². The summed E-state index contributed by atoms with van der Waals surface area (Å²) in [4.78, 5) is 7.15. The Bertz CT molecular complexity index is 441. The van der Waals surface area contributed by atoms with Crippen molar-refractivity contribution in [3.05, 3.63) is 24.0 Å². The van der Waals surface area contributed by atoms with E-state index in [1.165, 1.54) is 12.1 Å². The van der Waals surface area contributed by atoms with Crippen LogP contribution in [0, 0.1) is 5.82 Å². The number of halogens is 2. The van der Waals surface area contributed by atoms with Crippen molar-refractivity contribution in [1.29, 1.82) is 0 Å². The first-order valence-corrected chi connectivity index (χ1v) is 4.78. The number of rotatable bonds is 3. The highest BCUT2D eigenvalue weighted by atomic mass is 35.5. The molecule has 0 spiro atoms. The van der Waals surface area contributed by atoms with Crippen LogP contribution in [-0.4, -0.2) is 22.4 Å². The summed E-state index contributed by atoms with van der Waals surface area (Å²) >= 11 is 5.51. The highest BCUT2D eigenvalue weighted by Gasteiger charge is 2.02. The lowest BCUT2D eigenvalue weighted by molar-refractivity contribution is 0.629. The second-order valence-electron chi connectivity index (χ2n) is 2.86. The summed E-state index contributed by atoms with van der Waals surface area (Å²) in [6, 6.07) is 4.43. The van der Waals surface area contributed by atoms with E-state index in [1.807, 2.05) is 0 Å². The molecule has 3 nitrogen and oxygen atoms in total. The van der Waals surface area contributed by atoms with Gasteiger partial charge in [-0.2, -0.15) is 0 Å². The van der Waals surface area contributed by atoms with Gasteiger partial charge in [-0.3, -0.25) is 0 Å². The van der Waals surface area contributed by atoms with Gasteiger partial charge >= 0.3 is 0 Å². The molecule has 0 atom stereocenters. The van der Waals surface area contributed by atoms with Gasteiger partial charge in [0, 0.05) is 12.4 Å². The molecule has 1 aromatic carbocycles. The fourth-order valence-corrected chi connectivity index (χ4v) is 1.33. The number of nitrogens with one attached hydrogen (secondary N) is 2. The number of H-pyrrole nitrogens is 1. The standard InChI is InChI=1S/C9H9ClFN3/c10-3-4-12-9-13-7-2-1-6(11)5-8(7)14-9/h1-2,5H,3-4H2,(H2,12,13,14). The number of aromatic nitrogens is 2. The first-order chi connectivity index (χ1) is 6.79. The molecule has 2 rings (SSSR count). The van der Waals surface area contributed by atoms with Gasteiger partial charge in [-0.1, -0.05) is 0 Å². The van der Waals surface area contributed by atoms with Crippen LogP contribution in [-0.2, 0) is 0 Å². The number of benzene rings is 1. The smallest absolute Gasteiger partial charge is 0.201 e. The lowest BCUT2D eigenvalue weighted by Crippen LogP contribution is -2.03. The average Bonchev–Trinajstić information content (AvgIpc) is 2.56. The summed E-state index contributed by atoms with van der Waals surface area (Å²) in [5.74, 6) is 0.849. The third kappa shape index (κ3) is 1.80. The lowest BCUT2D eigenvalue weighted by Gasteiger charge is -1.95. The zero-order valence-electron chi connectivity index (χ0n) is 7.35. The van der Waals surface area contributed by atoms with Crippen LogP contribution in [0.2, 0.25) is 0 Å². The van der Waals surface area contributed by atoms with Crippen LogP contribution in [0.1, 0.15) is 0 Å². The molecule has 0 amide bonds. The highest BCUT2D eigenvalue weighted by molar-refractivity contribution is 6.18. The second kappa shape index (κ2) is 3.84. The Morgan fingerprint density at radius 3 is 3.14 bits per heavy atom. The number of hydrogen-bond donors (Lipinski definition) is 2. The van der Waals surface area contributed by atoms with Gasteiger partial charge in [0.1, 0.15) is 5.82 Å². The van der Waals surface area contributed by atoms with Crippen molar-refractivity contribution in [2.24, 2.45) is 0 Å². The molecule has 0 fully saturated rings. The minimum Gasteiger partial charge on any atom is -0.355 e. The highest BCUT2D eigenvalue weighted by Crippen LogP contribution is 2.14. The minimum absolute atomic E-state index is 0.273. The van der Waals surface area contributed by atoms with Gasteiger partial charge in [0.25, 0.3) is 0 Å². The lowest BCUT2D eigenvalue weighted by atomic mass is 10.3. The van der Waals surface area contributed by atoms with E-state index in [0.29, 0.717) is 23.9 Å². The Morgan fingerprint density at radius 1 is 1.50 bits per heavy atom. The molecule has 0 unspecified atom stereocenters. The molecular weight excluding hydrogens is 205 g/mol. The number of hydrogen-bond acceptors (Lipinski definition) is 2. The summed E-state index contributed by atoms with van der Waals surface area (Å²) in [7, 11) is 0. The Hall–Kier alpha value is -1.29. The molecule has 14 heavy (non-hydrogen) atoms. The molecule has 1 heterocycles. The van der Waals surface area contributed by atoms with Gasteiger partial charge in [-0.25, -0.2) is 9.37 Å². The Balaban J connectivity index is 2.32. The quantitative estimate of drug-likeness (QED) is 0.769. The fraction of sp³-hybridized carbons (Fsp3) is 0.222. The maximum absolute atomic E-state index is 12.8. The number of imidazole rings is 1. The zero-order valence-corrected chi connectivity index (χ0v) is 8.11. The van der Waals surface area contributed by atoms with Crippen LogP contribution in [0.25, 0.3) is 11.0 Å². The third-order valence-corrected chi connectivity index (χ3v) is 2.02. The molecule has 0 aliphatic rings. The SMILES string of the molecule is Fc1ccc2nc(NCCCl)[nH]c2c1. The summed E-state index contributed by atoms with van der Waals surface area (Å²) in [5.41, 5.74) is 1.42. The van der Waals surface area contributed by atoms with Crippen molar-refractivity contribution in [3.8, 4) is 0 Å². The maximum atomic E-state index is 12.8. The molecule has 0 bridgehead atoms. The van der Waals surface area contributed by atoms with Crippen LogP contribution >= 0.6 is 11.6 Å². The van der Waals surface area contributed by atoms with E-state index in [2.05, 4.69) is 15.3 Å². The molecule has 0 radical (unpaired) electrons. The fourth-order valence-electron chi connectivity index (χ4n) is 1.23. The molecule has 2 N–H and O–H groups in total. The minimum atomic E-state index is -0.273. The van der Waals surface area contributed by atoms with Gasteiger partial charge in [0.05, 0.1) is 11.0 Å². The number of anilines is 1. The molecule has 2 aromatic rings. The van der Waals surface area contributed by atoms with Crippen molar-refractivity contribution < 1.29 is 4.39 Å². The van der Waals surface area contributed by atoms with E-state index in [4.69, 9.17) is 11.6 Å². The zero-order chi connectivity index (χ0) is 9.97. The summed E-state index contributed by atoms with van der Waals surface area (Å²) in [6.45, 7) is 0.629. The average molecular weight is 214 g/mol. The molecule has 74 valence electrons. The van der Waals surface area contributed by atoms with Crippen LogP contribution in [0.4, 0.5) is 10.3 Å². The summed E-state index contributed by atoms with van der Waals surface area (Å²) < 4.78 is 12.8. The Kier molecular flexibility index (Phi) is 2.54. The maximum Gasteiger partial charge on any atom is 0.201 e. The van der Waals surface area contributed by atoms with Gasteiger partial charge in [-0.15, -0.1) is 11.6 Å². The van der Waals surface area contributed by atoms with Gasteiger partial charge in [0.15, 0.2) is 0 Å². The largest absolute Gasteiger partial charge is 0.355 e. The second-order valence-corrected chi connectivity index (χ2v) is 3.24. The van der Waals surface area contributed by atoms with Crippen molar-refractivity contribution >= 4 is 28.6 Å². The molecule has 0 saturated heterocycles. The number of alkyl halides is 1. The third-order valence-electron chi connectivity index (χ3n) is 1.83. The molecule has 0 aliphatic heterocycles.